The molecule has 1 aromatic rings. The van der Waals surface area contributed by atoms with E-state index in [1.54, 1.807) is 6.07 Å². The zero-order valence-corrected chi connectivity index (χ0v) is 10.6. The Morgan fingerprint density at radius 2 is 2.17 bits per heavy atom. The van der Waals surface area contributed by atoms with Crippen molar-refractivity contribution in [3.63, 3.8) is 0 Å². The molecule has 1 fully saturated rings. The number of methoxy groups -OCH3 is 1. The molecule has 0 amide bonds. The lowest BCUT2D eigenvalue weighted by atomic mass is 9.93. The van der Waals surface area contributed by atoms with Crippen molar-refractivity contribution in [3.8, 4) is 0 Å². The van der Waals surface area contributed by atoms with Crippen LogP contribution in [0.5, 0.6) is 0 Å². The second kappa shape index (κ2) is 5.50. The lowest BCUT2D eigenvalue weighted by Gasteiger charge is -2.27. The zero-order valence-electron chi connectivity index (χ0n) is 9.89. The Morgan fingerprint density at radius 3 is 2.78 bits per heavy atom. The Hall–Kier alpha value is -1.39. The van der Waals surface area contributed by atoms with Gasteiger partial charge in [-0.15, -0.1) is 0 Å². The fraction of sp³-hybridized carbons (Fsp3) is 0.385. The van der Waals surface area contributed by atoms with Gasteiger partial charge >= 0.3 is 5.97 Å². The smallest absolute Gasteiger partial charge is 0.318 e. The van der Waals surface area contributed by atoms with Crippen LogP contribution in [-0.2, 0) is 19.1 Å². The minimum atomic E-state index is -0.811. The molecule has 0 aromatic heterocycles. The van der Waals surface area contributed by atoms with Gasteiger partial charge in [0.1, 0.15) is 5.92 Å². The largest absolute Gasteiger partial charge is 0.468 e. The minimum Gasteiger partial charge on any atom is -0.468 e. The summed E-state index contributed by atoms with van der Waals surface area (Å²) < 4.78 is 10.1. The highest BCUT2D eigenvalue weighted by molar-refractivity contribution is 6.31. The molecular weight excluding hydrogens is 256 g/mol. The van der Waals surface area contributed by atoms with E-state index in [-0.39, 0.29) is 24.9 Å². The van der Waals surface area contributed by atoms with Crippen molar-refractivity contribution >= 4 is 23.4 Å². The summed E-state index contributed by atoms with van der Waals surface area (Å²) in [4.78, 5) is 23.2. The van der Waals surface area contributed by atoms with Gasteiger partial charge in [0.05, 0.1) is 19.8 Å². The molecule has 2 atom stereocenters. The Morgan fingerprint density at radius 1 is 1.44 bits per heavy atom. The molecule has 0 radical (unpaired) electrons. The third kappa shape index (κ3) is 2.54. The zero-order chi connectivity index (χ0) is 13.1. The monoisotopic (exact) mass is 268 g/mol. The lowest BCUT2D eigenvalue weighted by Crippen LogP contribution is -2.36. The summed E-state index contributed by atoms with van der Waals surface area (Å²) in [5.41, 5.74) is 0.774. The van der Waals surface area contributed by atoms with E-state index in [0.717, 1.165) is 5.56 Å². The molecule has 1 saturated heterocycles. The van der Waals surface area contributed by atoms with Crippen LogP contribution >= 0.6 is 11.6 Å². The van der Waals surface area contributed by atoms with E-state index in [2.05, 4.69) is 4.74 Å². The average Bonchev–Trinajstić information content (AvgIpc) is 2.38. The van der Waals surface area contributed by atoms with E-state index in [1.807, 2.05) is 18.2 Å². The van der Waals surface area contributed by atoms with E-state index in [0.29, 0.717) is 5.02 Å². The summed E-state index contributed by atoms with van der Waals surface area (Å²) in [5, 5.41) is 0.562. The highest BCUT2D eigenvalue weighted by Crippen LogP contribution is 2.32. The molecule has 1 aliphatic heterocycles. The van der Waals surface area contributed by atoms with Gasteiger partial charge in [0.25, 0.3) is 0 Å². The quantitative estimate of drug-likeness (QED) is 0.609. The molecular formula is C13H13ClO4. The van der Waals surface area contributed by atoms with Gasteiger partial charge in [-0.25, -0.2) is 0 Å². The van der Waals surface area contributed by atoms with Crippen LogP contribution in [0.3, 0.4) is 0 Å². The SMILES string of the molecule is COC(=O)C1COC(c2ccccc2Cl)CC1=O. The summed E-state index contributed by atoms with van der Waals surface area (Å²) in [5.74, 6) is -1.52. The van der Waals surface area contributed by atoms with E-state index in [1.165, 1.54) is 7.11 Å². The number of hydrogen-bond acceptors (Lipinski definition) is 4. The number of benzene rings is 1. The minimum absolute atomic E-state index is 0.0431. The van der Waals surface area contributed by atoms with Crippen LogP contribution in [0.15, 0.2) is 24.3 Å². The van der Waals surface area contributed by atoms with Crippen LogP contribution in [0.4, 0.5) is 0 Å². The number of carbonyl (C=O) groups is 2. The predicted octanol–water partition coefficient (Wildman–Crippen LogP) is 2.16. The molecule has 1 aliphatic rings. The van der Waals surface area contributed by atoms with Gasteiger partial charge in [-0.2, -0.15) is 0 Å². The number of esters is 1. The van der Waals surface area contributed by atoms with Gasteiger partial charge in [-0.3, -0.25) is 9.59 Å². The number of Topliss-reactive ketones (excluding diaryl/α,β-unsaturated/α-hetero) is 1. The molecule has 18 heavy (non-hydrogen) atoms. The van der Waals surface area contributed by atoms with Crippen molar-refractivity contribution in [1.29, 1.82) is 0 Å². The fourth-order valence-corrected chi connectivity index (χ4v) is 2.22. The topological polar surface area (TPSA) is 52.6 Å². The van der Waals surface area contributed by atoms with Crippen LogP contribution in [-0.4, -0.2) is 25.5 Å². The van der Waals surface area contributed by atoms with Gasteiger partial charge < -0.3 is 9.47 Å². The standard InChI is InChI=1S/C13H13ClO4/c1-17-13(16)9-7-18-12(6-11(9)15)8-4-2-3-5-10(8)14/h2-5,9,12H,6-7H2,1H3. The third-order valence-electron chi connectivity index (χ3n) is 2.98. The molecule has 2 rings (SSSR count). The molecule has 0 saturated carbocycles. The summed E-state index contributed by atoms with van der Waals surface area (Å²) in [6, 6.07) is 7.21. The normalized spacial score (nSPS) is 23.8. The Bertz CT molecular complexity index is 472. The maximum atomic E-state index is 11.9. The van der Waals surface area contributed by atoms with Gasteiger partial charge in [-0.1, -0.05) is 29.8 Å². The summed E-state index contributed by atoms with van der Waals surface area (Å²) in [6.07, 6.45) is -0.240. The predicted molar refractivity (Wildman–Crippen MR) is 65.3 cm³/mol. The molecule has 0 spiro atoms. The van der Waals surface area contributed by atoms with Gasteiger partial charge in [0.2, 0.25) is 0 Å². The van der Waals surface area contributed by atoms with E-state index in [4.69, 9.17) is 16.3 Å². The molecule has 0 aliphatic carbocycles. The summed E-state index contributed by atoms with van der Waals surface area (Å²) in [7, 11) is 1.26. The lowest BCUT2D eigenvalue weighted by molar-refractivity contribution is -0.158. The molecule has 4 nitrogen and oxygen atoms in total. The maximum Gasteiger partial charge on any atom is 0.318 e. The molecule has 1 aromatic carbocycles. The molecule has 5 heteroatoms. The molecule has 0 N–H and O–H groups in total. The van der Waals surface area contributed by atoms with Crippen molar-refractivity contribution in [2.75, 3.05) is 13.7 Å². The summed E-state index contributed by atoms with van der Waals surface area (Å²) >= 11 is 6.05. The number of rotatable bonds is 2. The Labute approximate surface area is 110 Å². The number of hydrogen-bond donors (Lipinski definition) is 0. The van der Waals surface area contributed by atoms with Crippen molar-refractivity contribution in [2.45, 2.75) is 12.5 Å². The summed E-state index contributed by atoms with van der Waals surface area (Å²) in [6.45, 7) is 0.0431. The second-order valence-electron chi connectivity index (χ2n) is 4.09. The molecule has 1 heterocycles. The number of ketones is 1. The van der Waals surface area contributed by atoms with E-state index in [9.17, 15) is 9.59 Å². The van der Waals surface area contributed by atoms with E-state index < -0.39 is 11.9 Å². The second-order valence-corrected chi connectivity index (χ2v) is 4.50. The van der Waals surface area contributed by atoms with Crippen LogP contribution in [0.1, 0.15) is 18.1 Å². The fourth-order valence-electron chi connectivity index (χ4n) is 1.97. The highest BCUT2D eigenvalue weighted by Gasteiger charge is 2.36. The van der Waals surface area contributed by atoms with Gasteiger partial charge in [-0.05, 0) is 11.6 Å². The van der Waals surface area contributed by atoms with Gasteiger partial charge in [0, 0.05) is 11.4 Å². The Kier molecular flexibility index (Phi) is 3.99. The number of ether oxygens (including phenoxy) is 2. The van der Waals surface area contributed by atoms with Crippen LogP contribution in [0, 0.1) is 5.92 Å². The maximum absolute atomic E-state index is 11.9. The van der Waals surface area contributed by atoms with Crippen LogP contribution < -0.4 is 0 Å². The van der Waals surface area contributed by atoms with Crippen molar-refractivity contribution in [3.05, 3.63) is 34.9 Å². The van der Waals surface area contributed by atoms with Crippen LogP contribution in [0.25, 0.3) is 0 Å². The number of halogens is 1. The first-order chi connectivity index (χ1) is 8.63. The molecule has 0 bridgehead atoms. The van der Waals surface area contributed by atoms with E-state index >= 15 is 0 Å². The van der Waals surface area contributed by atoms with Crippen molar-refractivity contribution < 1.29 is 19.1 Å². The average molecular weight is 269 g/mol. The first kappa shape index (κ1) is 13.1. The van der Waals surface area contributed by atoms with Gasteiger partial charge in [0.15, 0.2) is 5.78 Å². The van der Waals surface area contributed by atoms with Crippen LogP contribution in [0.2, 0.25) is 5.02 Å². The Balaban J connectivity index is 2.11. The number of carbonyl (C=O) groups excluding carboxylic acids is 2. The first-order valence-electron chi connectivity index (χ1n) is 5.60. The molecule has 2 unspecified atom stereocenters. The molecule has 96 valence electrons. The third-order valence-corrected chi connectivity index (χ3v) is 3.32. The van der Waals surface area contributed by atoms with Crippen molar-refractivity contribution in [2.24, 2.45) is 5.92 Å². The van der Waals surface area contributed by atoms with Crippen molar-refractivity contribution in [1.82, 2.24) is 0 Å². The first-order valence-corrected chi connectivity index (χ1v) is 5.98. The highest BCUT2D eigenvalue weighted by atomic mass is 35.5.